The fourth-order valence-electron chi connectivity index (χ4n) is 1.82. The molecule has 0 heterocycles. The summed E-state index contributed by atoms with van der Waals surface area (Å²) in [6.45, 7) is 0. The van der Waals surface area contributed by atoms with Crippen LogP contribution in [-0.2, 0) is 15.6 Å². The fraction of sp³-hybridized carbons (Fsp3) is 0.118. The van der Waals surface area contributed by atoms with Gasteiger partial charge in [-0.1, -0.05) is 48.6 Å². The molecule has 2 aromatic carbocycles. The summed E-state index contributed by atoms with van der Waals surface area (Å²) in [5, 5.41) is 2.53. The van der Waals surface area contributed by atoms with Crippen LogP contribution in [0.5, 0.6) is 0 Å². The minimum Gasteiger partial charge on any atom is -0.325 e. The molecule has 2 rings (SSSR count). The molecular formula is C17H16FNO2S. The Labute approximate surface area is 131 Å². The lowest BCUT2D eigenvalue weighted by atomic mass is 10.2. The number of rotatable bonds is 6. The zero-order chi connectivity index (χ0) is 15.8. The number of nitrogens with one attached hydrogen (secondary N) is 1. The number of benzene rings is 2. The van der Waals surface area contributed by atoms with E-state index in [1.54, 1.807) is 12.1 Å². The zero-order valence-electron chi connectivity index (χ0n) is 11.9. The highest BCUT2D eigenvalue weighted by Crippen LogP contribution is 2.09. The smallest absolute Gasteiger partial charge is 0.237 e. The van der Waals surface area contributed by atoms with Gasteiger partial charge in [-0.3, -0.25) is 9.00 Å². The Kier molecular flexibility index (Phi) is 6.03. The maximum absolute atomic E-state index is 13.0. The summed E-state index contributed by atoms with van der Waals surface area (Å²) in [5.74, 6) is -0.636. The third-order valence-corrected chi connectivity index (χ3v) is 3.94. The zero-order valence-corrected chi connectivity index (χ0v) is 12.7. The number of hydrogen-bond acceptors (Lipinski definition) is 2. The molecular weight excluding hydrogens is 301 g/mol. The van der Waals surface area contributed by atoms with Crippen molar-refractivity contribution in [3.05, 3.63) is 72.1 Å². The predicted molar refractivity (Wildman–Crippen MR) is 88.4 cm³/mol. The maximum atomic E-state index is 13.0. The van der Waals surface area contributed by atoms with Crippen molar-refractivity contribution in [1.82, 2.24) is 0 Å². The van der Waals surface area contributed by atoms with Crippen molar-refractivity contribution in [2.45, 2.75) is 0 Å². The van der Waals surface area contributed by atoms with E-state index in [0.29, 0.717) is 11.4 Å². The van der Waals surface area contributed by atoms with E-state index in [1.807, 2.05) is 36.4 Å². The molecule has 2 aromatic rings. The van der Waals surface area contributed by atoms with Gasteiger partial charge in [0.25, 0.3) is 0 Å². The monoisotopic (exact) mass is 317 g/mol. The average molecular weight is 317 g/mol. The van der Waals surface area contributed by atoms with Crippen LogP contribution in [0.15, 0.2) is 60.7 Å². The van der Waals surface area contributed by atoms with Crippen molar-refractivity contribution in [2.75, 3.05) is 16.8 Å². The van der Waals surface area contributed by atoms with E-state index in [4.69, 9.17) is 0 Å². The lowest BCUT2D eigenvalue weighted by Crippen LogP contribution is -2.20. The van der Waals surface area contributed by atoms with Crippen molar-refractivity contribution < 1.29 is 13.4 Å². The van der Waals surface area contributed by atoms with Gasteiger partial charge < -0.3 is 5.32 Å². The topological polar surface area (TPSA) is 46.2 Å². The van der Waals surface area contributed by atoms with Crippen molar-refractivity contribution in [2.24, 2.45) is 0 Å². The van der Waals surface area contributed by atoms with E-state index < -0.39 is 22.5 Å². The van der Waals surface area contributed by atoms with Crippen molar-refractivity contribution >= 4 is 28.5 Å². The molecule has 0 aliphatic rings. The molecule has 22 heavy (non-hydrogen) atoms. The van der Waals surface area contributed by atoms with Crippen LogP contribution in [0.3, 0.4) is 0 Å². The Balaban J connectivity index is 1.79. The molecule has 0 fully saturated rings. The second-order valence-electron chi connectivity index (χ2n) is 4.62. The predicted octanol–water partition coefficient (Wildman–Crippen LogP) is 3.23. The number of carbonyl (C=O) groups excluding carboxylic acids is 1. The van der Waals surface area contributed by atoms with Gasteiger partial charge in [-0.05, 0) is 23.8 Å². The van der Waals surface area contributed by atoms with Gasteiger partial charge in [0.05, 0.1) is 0 Å². The molecule has 0 saturated heterocycles. The standard InChI is InChI=1S/C17H16FNO2S/c18-15-9-4-10-16(12-15)19-17(20)13-22(21)11-5-8-14-6-2-1-3-7-14/h1-10,12H,11,13H2,(H,19,20)/b8-5-/t22-/m1/s1. The first kappa shape index (κ1) is 16.1. The second kappa shape index (κ2) is 8.24. The van der Waals surface area contributed by atoms with E-state index in [1.165, 1.54) is 18.2 Å². The van der Waals surface area contributed by atoms with Crippen LogP contribution in [0.4, 0.5) is 10.1 Å². The molecule has 0 radical (unpaired) electrons. The lowest BCUT2D eigenvalue weighted by Gasteiger charge is -2.04. The summed E-state index contributed by atoms with van der Waals surface area (Å²) >= 11 is 0. The Morgan fingerprint density at radius 1 is 1.14 bits per heavy atom. The van der Waals surface area contributed by atoms with E-state index in [0.717, 1.165) is 5.56 Å². The van der Waals surface area contributed by atoms with Crippen molar-refractivity contribution in [1.29, 1.82) is 0 Å². The average Bonchev–Trinajstić information content (AvgIpc) is 2.48. The van der Waals surface area contributed by atoms with E-state index in [2.05, 4.69) is 5.32 Å². The molecule has 1 atom stereocenters. The van der Waals surface area contributed by atoms with Gasteiger partial charge in [0.1, 0.15) is 11.6 Å². The van der Waals surface area contributed by atoms with Gasteiger partial charge in [0.2, 0.25) is 5.91 Å². The van der Waals surface area contributed by atoms with Gasteiger partial charge in [-0.15, -0.1) is 0 Å². The minimum absolute atomic E-state index is 0.115. The van der Waals surface area contributed by atoms with Gasteiger partial charge in [-0.2, -0.15) is 0 Å². The van der Waals surface area contributed by atoms with Crippen molar-refractivity contribution in [3.63, 3.8) is 0 Å². The highest BCUT2D eigenvalue weighted by atomic mass is 32.2. The summed E-state index contributed by atoms with van der Waals surface area (Å²) in [7, 11) is -1.30. The van der Waals surface area contributed by atoms with Crippen molar-refractivity contribution in [3.8, 4) is 0 Å². The van der Waals surface area contributed by atoms with Crippen LogP contribution in [0.1, 0.15) is 5.56 Å². The molecule has 0 unspecified atom stereocenters. The number of carbonyl (C=O) groups is 1. The van der Waals surface area contributed by atoms with Crippen LogP contribution in [0.25, 0.3) is 6.08 Å². The molecule has 0 spiro atoms. The van der Waals surface area contributed by atoms with Gasteiger partial charge >= 0.3 is 0 Å². The molecule has 0 bridgehead atoms. The number of amides is 1. The third kappa shape index (κ3) is 5.61. The van der Waals surface area contributed by atoms with Crippen LogP contribution in [-0.4, -0.2) is 21.6 Å². The molecule has 0 aliphatic heterocycles. The van der Waals surface area contributed by atoms with E-state index >= 15 is 0 Å². The summed E-state index contributed by atoms with van der Waals surface area (Å²) in [4.78, 5) is 11.7. The molecule has 5 heteroatoms. The fourth-order valence-corrected chi connectivity index (χ4v) is 2.62. The van der Waals surface area contributed by atoms with E-state index in [9.17, 15) is 13.4 Å². The molecule has 3 nitrogen and oxygen atoms in total. The largest absolute Gasteiger partial charge is 0.325 e. The van der Waals surface area contributed by atoms with Gasteiger partial charge in [0.15, 0.2) is 0 Å². The van der Waals surface area contributed by atoms with Crippen LogP contribution in [0, 0.1) is 5.82 Å². The van der Waals surface area contributed by atoms with E-state index in [-0.39, 0.29) is 5.75 Å². The SMILES string of the molecule is O=C(C[S@](=O)C/C=C\c1ccccc1)Nc1cccc(F)c1. The molecule has 0 saturated carbocycles. The minimum atomic E-state index is -1.30. The highest BCUT2D eigenvalue weighted by Gasteiger charge is 2.07. The molecule has 1 amide bonds. The Bertz CT molecular complexity index is 686. The van der Waals surface area contributed by atoms with Gasteiger partial charge in [0, 0.05) is 22.2 Å². The first-order valence-corrected chi connectivity index (χ1v) is 8.24. The second-order valence-corrected chi connectivity index (χ2v) is 6.12. The quantitative estimate of drug-likeness (QED) is 0.889. The third-order valence-electron chi connectivity index (χ3n) is 2.79. The maximum Gasteiger partial charge on any atom is 0.237 e. The normalized spacial score (nSPS) is 12.2. The summed E-state index contributed by atoms with van der Waals surface area (Å²) in [6, 6.07) is 15.2. The van der Waals surface area contributed by atoms with Gasteiger partial charge in [-0.25, -0.2) is 4.39 Å². The Morgan fingerprint density at radius 3 is 2.64 bits per heavy atom. The number of hydrogen-bond donors (Lipinski definition) is 1. The number of halogens is 1. The van der Waals surface area contributed by atoms with Crippen LogP contribution in [0.2, 0.25) is 0 Å². The Morgan fingerprint density at radius 2 is 1.91 bits per heavy atom. The molecule has 1 N–H and O–H groups in total. The summed E-state index contributed by atoms with van der Waals surface area (Å²) in [6.07, 6.45) is 3.64. The molecule has 0 aromatic heterocycles. The lowest BCUT2D eigenvalue weighted by molar-refractivity contribution is -0.113. The first-order valence-electron chi connectivity index (χ1n) is 6.75. The highest BCUT2D eigenvalue weighted by molar-refractivity contribution is 7.85. The number of anilines is 1. The molecule has 114 valence electrons. The summed E-state index contributed by atoms with van der Waals surface area (Å²) < 4.78 is 24.8. The first-order chi connectivity index (χ1) is 10.6. The molecule has 0 aliphatic carbocycles. The summed E-state index contributed by atoms with van der Waals surface area (Å²) in [5.41, 5.74) is 1.38. The van der Waals surface area contributed by atoms with Crippen LogP contribution >= 0.6 is 0 Å². The van der Waals surface area contributed by atoms with Crippen LogP contribution < -0.4 is 5.32 Å². The Hall–Kier alpha value is -2.27.